The maximum absolute atomic E-state index is 9.71. The van der Waals surface area contributed by atoms with Crippen molar-refractivity contribution in [3.8, 4) is 0 Å². The van der Waals surface area contributed by atoms with Crippen LogP contribution in [0.2, 0.25) is 0 Å². The van der Waals surface area contributed by atoms with E-state index in [1.165, 1.54) is 0 Å². The van der Waals surface area contributed by atoms with Gasteiger partial charge >= 0.3 is 0 Å². The highest BCUT2D eigenvalue weighted by molar-refractivity contribution is 7.99. The highest BCUT2D eigenvalue weighted by atomic mass is 32.2. The summed E-state index contributed by atoms with van der Waals surface area (Å²) in [6, 6.07) is 0. The quantitative estimate of drug-likeness (QED) is 0.814. The number of nitrogens with zero attached hydrogens (tertiary/aromatic N) is 2. The third-order valence-electron chi connectivity index (χ3n) is 2.94. The van der Waals surface area contributed by atoms with Gasteiger partial charge in [-0.2, -0.15) is 16.7 Å². The molecule has 98 valence electrons. The maximum atomic E-state index is 9.71. The van der Waals surface area contributed by atoms with Crippen LogP contribution in [0, 0.1) is 0 Å². The lowest BCUT2D eigenvalue weighted by Crippen LogP contribution is -2.14. The lowest BCUT2D eigenvalue weighted by atomic mass is 10.0. The number of hydrogen-bond acceptors (Lipinski definition) is 5. The smallest absolute Gasteiger partial charge is 0.232 e. The molecule has 0 aromatic carbocycles. The van der Waals surface area contributed by atoms with Gasteiger partial charge in [0.25, 0.3) is 0 Å². The highest BCUT2D eigenvalue weighted by Crippen LogP contribution is 2.22. The second-order valence-electron chi connectivity index (χ2n) is 4.34. The van der Waals surface area contributed by atoms with Crippen LogP contribution in [0.1, 0.15) is 58.2 Å². The van der Waals surface area contributed by atoms with Crippen LogP contribution in [-0.4, -0.2) is 26.6 Å². The van der Waals surface area contributed by atoms with E-state index < -0.39 is 6.10 Å². The summed E-state index contributed by atoms with van der Waals surface area (Å²) in [6.07, 6.45) is 1.42. The molecule has 0 saturated carbocycles. The van der Waals surface area contributed by atoms with Crippen LogP contribution < -0.4 is 0 Å². The molecule has 0 saturated heterocycles. The molecule has 0 spiro atoms. The Morgan fingerprint density at radius 1 is 1.29 bits per heavy atom. The Kier molecular flexibility index (Phi) is 5.98. The van der Waals surface area contributed by atoms with Gasteiger partial charge in [-0.25, -0.2) is 0 Å². The first-order valence-electron chi connectivity index (χ1n) is 6.20. The summed E-state index contributed by atoms with van der Waals surface area (Å²) in [6.45, 7) is 8.21. The van der Waals surface area contributed by atoms with Gasteiger partial charge in [0.05, 0.1) is 17.8 Å². The molecule has 0 bridgehead atoms. The Hall–Kier alpha value is -0.550. The second-order valence-corrected chi connectivity index (χ2v) is 5.77. The zero-order valence-corrected chi connectivity index (χ0v) is 11.8. The zero-order valence-electron chi connectivity index (χ0n) is 11.0. The van der Waals surface area contributed by atoms with Crippen LogP contribution in [0.15, 0.2) is 4.52 Å². The van der Waals surface area contributed by atoms with Crippen LogP contribution in [0.25, 0.3) is 0 Å². The molecule has 17 heavy (non-hydrogen) atoms. The molecule has 0 radical (unpaired) electrons. The first-order chi connectivity index (χ1) is 8.08. The normalized spacial score (nSPS) is 16.8. The number of thioether (sulfide) groups is 1. The lowest BCUT2D eigenvalue weighted by Gasteiger charge is -2.11. The number of aliphatic hydroxyl groups is 1. The number of hydrogen-bond donors (Lipinski definition) is 1. The van der Waals surface area contributed by atoms with Gasteiger partial charge < -0.3 is 9.63 Å². The predicted molar refractivity (Wildman–Crippen MR) is 70.1 cm³/mol. The van der Waals surface area contributed by atoms with Crippen LogP contribution in [0.3, 0.4) is 0 Å². The Bertz CT molecular complexity index is 330. The van der Waals surface area contributed by atoms with Gasteiger partial charge in [0.2, 0.25) is 5.89 Å². The van der Waals surface area contributed by atoms with Crippen molar-refractivity contribution in [3.05, 3.63) is 11.7 Å². The molecule has 1 heterocycles. The summed E-state index contributed by atoms with van der Waals surface area (Å²) >= 11 is 1.82. The van der Waals surface area contributed by atoms with Crippen molar-refractivity contribution in [2.75, 3.05) is 0 Å². The van der Waals surface area contributed by atoms with Gasteiger partial charge in [-0.3, -0.25) is 0 Å². The van der Waals surface area contributed by atoms with Gasteiger partial charge in [-0.1, -0.05) is 32.9 Å². The van der Waals surface area contributed by atoms with Gasteiger partial charge in [0, 0.05) is 5.25 Å². The minimum absolute atomic E-state index is 0.0881. The molecule has 1 N–H and O–H groups in total. The molecule has 3 atom stereocenters. The van der Waals surface area contributed by atoms with E-state index in [2.05, 4.69) is 24.0 Å². The zero-order chi connectivity index (χ0) is 12.8. The average Bonchev–Trinajstić information content (AvgIpc) is 2.82. The van der Waals surface area contributed by atoms with E-state index in [9.17, 15) is 5.11 Å². The number of rotatable bonds is 7. The lowest BCUT2D eigenvalue weighted by molar-refractivity contribution is 0.129. The van der Waals surface area contributed by atoms with Gasteiger partial charge in [0.15, 0.2) is 5.82 Å². The van der Waals surface area contributed by atoms with Gasteiger partial charge in [0.1, 0.15) is 0 Å². The Labute approximate surface area is 107 Å². The molecule has 1 rings (SSSR count). The fourth-order valence-electron chi connectivity index (χ4n) is 1.36. The maximum Gasteiger partial charge on any atom is 0.232 e. The molecular weight excluding hydrogens is 236 g/mol. The molecule has 0 amide bonds. The largest absolute Gasteiger partial charge is 0.392 e. The van der Waals surface area contributed by atoms with E-state index in [4.69, 9.17) is 4.52 Å². The molecular formula is C12H22N2O2S. The van der Waals surface area contributed by atoms with Gasteiger partial charge in [-0.05, 0) is 12.8 Å². The summed E-state index contributed by atoms with van der Waals surface area (Å²) in [4.78, 5) is 4.33. The van der Waals surface area contributed by atoms with Crippen molar-refractivity contribution in [2.24, 2.45) is 0 Å². The standard InChI is InChI=1S/C12H22N2O2S/c1-5-8(3)17-7-11-13-12(16-14-11)9(4)10(15)6-2/h8-10,15H,5-7H2,1-4H3. The Morgan fingerprint density at radius 2 is 2.00 bits per heavy atom. The molecule has 1 aromatic rings. The monoisotopic (exact) mass is 258 g/mol. The number of aliphatic hydroxyl groups excluding tert-OH is 1. The summed E-state index contributed by atoms with van der Waals surface area (Å²) in [5, 5.41) is 14.3. The third kappa shape index (κ3) is 4.32. The van der Waals surface area contributed by atoms with Crippen molar-refractivity contribution in [1.82, 2.24) is 10.1 Å². The summed E-state index contributed by atoms with van der Waals surface area (Å²) < 4.78 is 5.18. The molecule has 3 unspecified atom stereocenters. The molecule has 5 heteroatoms. The molecule has 0 aliphatic rings. The molecule has 0 fully saturated rings. The SMILES string of the molecule is CCC(C)SCc1noc(C(C)C(O)CC)n1. The first kappa shape index (κ1) is 14.5. The van der Waals surface area contributed by atoms with Crippen LogP contribution in [-0.2, 0) is 5.75 Å². The predicted octanol–water partition coefficient (Wildman–Crippen LogP) is 2.98. The molecule has 0 aliphatic carbocycles. The minimum atomic E-state index is -0.412. The average molecular weight is 258 g/mol. The third-order valence-corrected chi connectivity index (χ3v) is 4.27. The van der Waals surface area contributed by atoms with E-state index in [0.717, 1.165) is 18.0 Å². The molecule has 4 nitrogen and oxygen atoms in total. The molecule has 1 aromatic heterocycles. The van der Waals surface area contributed by atoms with Gasteiger partial charge in [-0.15, -0.1) is 0 Å². The minimum Gasteiger partial charge on any atom is -0.392 e. The second kappa shape index (κ2) is 7.01. The summed E-state index contributed by atoms with van der Waals surface area (Å²) in [7, 11) is 0. The van der Waals surface area contributed by atoms with E-state index >= 15 is 0 Å². The van der Waals surface area contributed by atoms with Crippen molar-refractivity contribution in [1.29, 1.82) is 0 Å². The van der Waals surface area contributed by atoms with Crippen molar-refractivity contribution >= 4 is 11.8 Å². The van der Waals surface area contributed by atoms with E-state index in [-0.39, 0.29) is 5.92 Å². The number of aromatic nitrogens is 2. The van der Waals surface area contributed by atoms with E-state index in [0.29, 0.717) is 17.6 Å². The van der Waals surface area contributed by atoms with Crippen molar-refractivity contribution in [2.45, 2.75) is 63.6 Å². The Morgan fingerprint density at radius 3 is 2.59 bits per heavy atom. The summed E-state index contributed by atoms with van der Waals surface area (Å²) in [5.74, 6) is 1.95. The fourth-order valence-corrected chi connectivity index (χ4v) is 2.15. The molecule has 0 aliphatic heterocycles. The van der Waals surface area contributed by atoms with Crippen LogP contribution in [0.5, 0.6) is 0 Å². The van der Waals surface area contributed by atoms with E-state index in [1.807, 2.05) is 25.6 Å². The first-order valence-corrected chi connectivity index (χ1v) is 7.25. The van der Waals surface area contributed by atoms with Crippen LogP contribution >= 0.6 is 11.8 Å². The van der Waals surface area contributed by atoms with E-state index in [1.54, 1.807) is 0 Å². The Balaban J connectivity index is 2.53. The summed E-state index contributed by atoms with van der Waals surface area (Å²) in [5.41, 5.74) is 0. The van der Waals surface area contributed by atoms with Crippen molar-refractivity contribution < 1.29 is 9.63 Å². The highest BCUT2D eigenvalue weighted by Gasteiger charge is 2.20. The van der Waals surface area contributed by atoms with Crippen molar-refractivity contribution in [3.63, 3.8) is 0 Å². The topological polar surface area (TPSA) is 59.2 Å². The van der Waals surface area contributed by atoms with Crippen LogP contribution in [0.4, 0.5) is 0 Å². The fraction of sp³-hybridized carbons (Fsp3) is 0.833.